The van der Waals surface area contributed by atoms with Gasteiger partial charge in [0.1, 0.15) is 5.82 Å². The number of nitrogens with zero attached hydrogens (tertiary/aromatic N) is 4. The molecule has 0 amide bonds. The molecule has 2 N–H and O–H groups in total. The van der Waals surface area contributed by atoms with Crippen LogP contribution in [0.3, 0.4) is 0 Å². The Bertz CT molecular complexity index is 658. The van der Waals surface area contributed by atoms with E-state index >= 15 is 0 Å². The van der Waals surface area contributed by atoms with Crippen LogP contribution in [0.5, 0.6) is 0 Å². The fraction of sp³-hybridized carbons (Fsp3) is 0.500. The van der Waals surface area contributed by atoms with Crippen molar-refractivity contribution in [2.45, 2.75) is 19.9 Å². The highest BCUT2D eigenvalue weighted by atomic mass is 16.5. The molecule has 0 atom stereocenters. The van der Waals surface area contributed by atoms with Crippen LogP contribution in [-0.2, 0) is 4.74 Å². The van der Waals surface area contributed by atoms with E-state index in [2.05, 4.69) is 44.3 Å². The molecular formula is C18H26N6O. The molecule has 1 aliphatic heterocycles. The van der Waals surface area contributed by atoms with Crippen LogP contribution in [0.15, 0.2) is 30.5 Å². The number of nitrogens with one attached hydrogen (secondary N) is 2. The monoisotopic (exact) mass is 342 g/mol. The van der Waals surface area contributed by atoms with Gasteiger partial charge >= 0.3 is 0 Å². The first-order valence-electron chi connectivity index (χ1n) is 8.82. The van der Waals surface area contributed by atoms with E-state index in [1.54, 1.807) is 6.20 Å². The van der Waals surface area contributed by atoms with Gasteiger partial charge in [0.15, 0.2) is 0 Å². The molecule has 0 saturated carbocycles. The summed E-state index contributed by atoms with van der Waals surface area (Å²) in [5.74, 6) is 1.43. The van der Waals surface area contributed by atoms with Crippen LogP contribution >= 0.6 is 0 Å². The van der Waals surface area contributed by atoms with Crippen LogP contribution in [0, 0.1) is 0 Å². The van der Waals surface area contributed by atoms with Gasteiger partial charge in [0.2, 0.25) is 5.95 Å². The first-order valence-corrected chi connectivity index (χ1v) is 8.82. The SMILES string of the molecule is CC(C)Nc1nc(NCCN2CCOCC2)cc(-c2ccccn2)n1. The second kappa shape index (κ2) is 8.73. The average molecular weight is 342 g/mol. The Kier molecular flexibility index (Phi) is 6.14. The zero-order valence-corrected chi connectivity index (χ0v) is 14.9. The fourth-order valence-electron chi connectivity index (χ4n) is 2.67. The van der Waals surface area contributed by atoms with Gasteiger partial charge in [-0.2, -0.15) is 4.98 Å². The minimum Gasteiger partial charge on any atom is -0.379 e. The van der Waals surface area contributed by atoms with Crippen LogP contribution in [0.2, 0.25) is 0 Å². The largest absolute Gasteiger partial charge is 0.379 e. The van der Waals surface area contributed by atoms with Gasteiger partial charge < -0.3 is 15.4 Å². The van der Waals surface area contributed by atoms with Crippen LogP contribution in [-0.4, -0.2) is 65.3 Å². The van der Waals surface area contributed by atoms with Crippen LogP contribution in [0.25, 0.3) is 11.4 Å². The van der Waals surface area contributed by atoms with Crippen molar-refractivity contribution >= 4 is 11.8 Å². The highest BCUT2D eigenvalue weighted by Gasteiger charge is 2.11. The lowest BCUT2D eigenvalue weighted by Crippen LogP contribution is -2.39. The van der Waals surface area contributed by atoms with Gasteiger partial charge in [-0.1, -0.05) is 6.07 Å². The van der Waals surface area contributed by atoms with Gasteiger partial charge in [-0.3, -0.25) is 9.88 Å². The quantitative estimate of drug-likeness (QED) is 0.798. The molecule has 0 spiro atoms. The summed E-state index contributed by atoms with van der Waals surface area (Å²) < 4.78 is 5.38. The average Bonchev–Trinajstić information content (AvgIpc) is 2.63. The summed E-state index contributed by atoms with van der Waals surface area (Å²) >= 11 is 0. The summed E-state index contributed by atoms with van der Waals surface area (Å²) in [7, 11) is 0. The molecule has 0 unspecified atom stereocenters. The summed E-state index contributed by atoms with van der Waals surface area (Å²) in [5.41, 5.74) is 1.65. The number of rotatable bonds is 7. The fourth-order valence-corrected chi connectivity index (χ4v) is 2.67. The lowest BCUT2D eigenvalue weighted by molar-refractivity contribution is 0.0398. The molecule has 25 heavy (non-hydrogen) atoms. The zero-order chi connectivity index (χ0) is 17.5. The minimum absolute atomic E-state index is 0.264. The van der Waals surface area contributed by atoms with E-state index in [9.17, 15) is 0 Å². The number of hydrogen-bond donors (Lipinski definition) is 2. The number of anilines is 2. The lowest BCUT2D eigenvalue weighted by atomic mass is 10.2. The van der Waals surface area contributed by atoms with Gasteiger partial charge in [0.05, 0.1) is 24.6 Å². The van der Waals surface area contributed by atoms with Crippen molar-refractivity contribution < 1.29 is 4.74 Å². The topological polar surface area (TPSA) is 75.2 Å². The molecule has 7 heteroatoms. The summed E-state index contributed by atoms with van der Waals surface area (Å²) in [4.78, 5) is 16.0. The Morgan fingerprint density at radius 3 is 2.72 bits per heavy atom. The number of ether oxygens (including phenoxy) is 1. The Balaban J connectivity index is 1.70. The Labute approximate surface area is 148 Å². The second-order valence-electron chi connectivity index (χ2n) is 6.36. The summed E-state index contributed by atoms with van der Waals surface area (Å²) in [6, 6.07) is 8.04. The van der Waals surface area contributed by atoms with Crippen molar-refractivity contribution in [1.29, 1.82) is 0 Å². The van der Waals surface area contributed by atoms with Crippen molar-refractivity contribution in [3.05, 3.63) is 30.5 Å². The van der Waals surface area contributed by atoms with Gasteiger partial charge in [-0.05, 0) is 26.0 Å². The van der Waals surface area contributed by atoms with Gasteiger partial charge in [-0.25, -0.2) is 4.98 Å². The normalized spacial score (nSPS) is 15.3. The summed E-state index contributed by atoms with van der Waals surface area (Å²) in [6.45, 7) is 9.57. The third-order valence-corrected chi connectivity index (χ3v) is 3.91. The van der Waals surface area contributed by atoms with Crippen molar-refractivity contribution in [2.75, 3.05) is 50.0 Å². The molecule has 0 bridgehead atoms. The molecule has 0 radical (unpaired) electrons. The van der Waals surface area contributed by atoms with Crippen molar-refractivity contribution in [3.63, 3.8) is 0 Å². The van der Waals surface area contributed by atoms with E-state index in [0.717, 1.165) is 56.6 Å². The Hall–Kier alpha value is -2.25. The van der Waals surface area contributed by atoms with E-state index in [-0.39, 0.29) is 6.04 Å². The molecule has 0 aromatic carbocycles. The maximum Gasteiger partial charge on any atom is 0.225 e. The molecule has 0 aliphatic carbocycles. The van der Waals surface area contributed by atoms with Gasteiger partial charge in [0, 0.05) is 44.5 Å². The summed E-state index contributed by atoms with van der Waals surface area (Å²) in [5, 5.41) is 6.69. The van der Waals surface area contributed by atoms with Crippen LogP contribution < -0.4 is 10.6 Å². The third kappa shape index (κ3) is 5.37. The predicted molar refractivity (Wildman–Crippen MR) is 99.8 cm³/mol. The number of aromatic nitrogens is 3. The van der Waals surface area contributed by atoms with E-state index in [0.29, 0.717) is 5.95 Å². The highest BCUT2D eigenvalue weighted by Crippen LogP contribution is 2.19. The first-order chi connectivity index (χ1) is 12.2. The number of hydrogen-bond acceptors (Lipinski definition) is 7. The smallest absolute Gasteiger partial charge is 0.225 e. The molecule has 1 fully saturated rings. The second-order valence-corrected chi connectivity index (χ2v) is 6.36. The maximum absolute atomic E-state index is 5.38. The Morgan fingerprint density at radius 1 is 1.16 bits per heavy atom. The number of morpholine rings is 1. The van der Waals surface area contributed by atoms with Crippen molar-refractivity contribution in [2.24, 2.45) is 0 Å². The van der Waals surface area contributed by atoms with Gasteiger partial charge in [0.25, 0.3) is 0 Å². The van der Waals surface area contributed by atoms with Crippen LogP contribution in [0.1, 0.15) is 13.8 Å². The third-order valence-electron chi connectivity index (χ3n) is 3.91. The van der Waals surface area contributed by atoms with Crippen molar-refractivity contribution in [3.8, 4) is 11.4 Å². The lowest BCUT2D eigenvalue weighted by Gasteiger charge is -2.26. The zero-order valence-electron chi connectivity index (χ0n) is 14.9. The molecule has 7 nitrogen and oxygen atoms in total. The van der Waals surface area contributed by atoms with E-state index < -0.39 is 0 Å². The molecule has 3 heterocycles. The van der Waals surface area contributed by atoms with Crippen LogP contribution in [0.4, 0.5) is 11.8 Å². The molecule has 3 rings (SSSR count). The predicted octanol–water partition coefficient (Wildman–Crippen LogP) is 2.10. The van der Waals surface area contributed by atoms with Gasteiger partial charge in [-0.15, -0.1) is 0 Å². The first kappa shape index (κ1) is 17.6. The van der Waals surface area contributed by atoms with E-state index in [1.807, 2.05) is 24.3 Å². The molecule has 1 saturated heterocycles. The molecule has 2 aromatic rings. The highest BCUT2D eigenvalue weighted by molar-refractivity contribution is 5.60. The Morgan fingerprint density at radius 2 is 2.00 bits per heavy atom. The van der Waals surface area contributed by atoms with E-state index in [4.69, 9.17) is 4.74 Å². The minimum atomic E-state index is 0.264. The standard InChI is InChI=1S/C18H26N6O/c1-14(2)21-18-22-16(15-5-3-4-6-19-15)13-17(23-18)20-7-8-24-9-11-25-12-10-24/h3-6,13-14H,7-12H2,1-2H3,(H2,20,21,22,23). The molecule has 2 aromatic heterocycles. The molecular weight excluding hydrogens is 316 g/mol. The van der Waals surface area contributed by atoms with Crippen molar-refractivity contribution in [1.82, 2.24) is 19.9 Å². The summed E-state index contributed by atoms with van der Waals surface area (Å²) in [6.07, 6.45) is 1.78. The molecule has 1 aliphatic rings. The maximum atomic E-state index is 5.38. The van der Waals surface area contributed by atoms with E-state index in [1.165, 1.54) is 0 Å². The molecule has 134 valence electrons. The number of pyridine rings is 1.